The number of rotatable bonds is 4. The summed E-state index contributed by atoms with van der Waals surface area (Å²) in [5.74, 6) is 2.46. The van der Waals surface area contributed by atoms with Gasteiger partial charge >= 0.3 is 0 Å². The SMILES string of the molecule is O=S1(=O)CCC(CN=C(NC2CCCC2)NC2CCOc3ccccc32)C1. The second-order valence-corrected chi connectivity index (χ2v) is 10.2. The highest BCUT2D eigenvalue weighted by atomic mass is 32.2. The maximum absolute atomic E-state index is 11.7. The summed E-state index contributed by atoms with van der Waals surface area (Å²) in [6, 6.07) is 8.75. The number of hydrogen-bond acceptors (Lipinski definition) is 4. The molecule has 3 aliphatic rings. The van der Waals surface area contributed by atoms with Crippen molar-refractivity contribution in [1.29, 1.82) is 0 Å². The Morgan fingerprint density at radius 2 is 1.93 bits per heavy atom. The highest BCUT2D eigenvalue weighted by Gasteiger charge is 2.28. The Hall–Kier alpha value is -1.76. The molecule has 0 spiro atoms. The van der Waals surface area contributed by atoms with E-state index >= 15 is 0 Å². The van der Waals surface area contributed by atoms with Crippen molar-refractivity contribution in [3.8, 4) is 5.75 Å². The fourth-order valence-electron chi connectivity index (χ4n) is 4.29. The van der Waals surface area contributed by atoms with Gasteiger partial charge < -0.3 is 15.4 Å². The average molecular weight is 392 g/mol. The topological polar surface area (TPSA) is 79.8 Å². The zero-order valence-electron chi connectivity index (χ0n) is 15.7. The fourth-order valence-corrected chi connectivity index (χ4v) is 6.14. The molecule has 7 heteroatoms. The van der Waals surface area contributed by atoms with E-state index in [1.165, 1.54) is 25.7 Å². The maximum Gasteiger partial charge on any atom is 0.191 e. The summed E-state index contributed by atoms with van der Waals surface area (Å²) in [5.41, 5.74) is 1.16. The minimum absolute atomic E-state index is 0.138. The van der Waals surface area contributed by atoms with Gasteiger partial charge in [0.25, 0.3) is 0 Å². The highest BCUT2D eigenvalue weighted by molar-refractivity contribution is 7.91. The third-order valence-electron chi connectivity index (χ3n) is 5.80. The van der Waals surface area contributed by atoms with Gasteiger partial charge in [0.1, 0.15) is 5.75 Å². The van der Waals surface area contributed by atoms with Crippen LogP contribution in [0.4, 0.5) is 0 Å². The first-order valence-electron chi connectivity index (χ1n) is 10.1. The lowest BCUT2D eigenvalue weighted by molar-refractivity contribution is 0.261. The van der Waals surface area contributed by atoms with Gasteiger partial charge in [-0.05, 0) is 31.2 Å². The van der Waals surface area contributed by atoms with Crippen molar-refractivity contribution < 1.29 is 13.2 Å². The lowest BCUT2D eigenvalue weighted by atomic mass is 10.0. The number of benzene rings is 1. The van der Waals surface area contributed by atoms with Crippen LogP contribution in [0.15, 0.2) is 29.3 Å². The first-order chi connectivity index (χ1) is 13.1. The number of aliphatic imine (C=N–C) groups is 1. The Morgan fingerprint density at radius 3 is 2.70 bits per heavy atom. The van der Waals surface area contributed by atoms with Crippen LogP contribution in [0, 0.1) is 5.92 Å². The molecule has 0 bridgehead atoms. The van der Waals surface area contributed by atoms with Crippen molar-refractivity contribution in [2.24, 2.45) is 10.9 Å². The number of ether oxygens (including phenoxy) is 1. The van der Waals surface area contributed by atoms with E-state index in [9.17, 15) is 8.42 Å². The summed E-state index contributed by atoms with van der Waals surface area (Å²) in [7, 11) is -2.86. The van der Waals surface area contributed by atoms with Crippen LogP contribution in [0.2, 0.25) is 0 Å². The fraction of sp³-hybridized carbons (Fsp3) is 0.650. The summed E-state index contributed by atoms with van der Waals surface area (Å²) in [6.45, 7) is 1.25. The molecule has 2 unspecified atom stereocenters. The van der Waals surface area contributed by atoms with Crippen LogP contribution in [-0.4, -0.2) is 45.1 Å². The van der Waals surface area contributed by atoms with Crippen molar-refractivity contribution in [2.75, 3.05) is 24.7 Å². The molecule has 148 valence electrons. The molecular formula is C20H29N3O3S. The zero-order chi connectivity index (χ0) is 18.7. The van der Waals surface area contributed by atoms with Crippen LogP contribution in [0.3, 0.4) is 0 Å². The molecule has 2 N–H and O–H groups in total. The van der Waals surface area contributed by atoms with E-state index < -0.39 is 9.84 Å². The molecule has 1 saturated heterocycles. The van der Waals surface area contributed by atoms with Crippen molar-refractivity contribution in [3.05, 3.63) is 29.8 Å². The second kappa shape index (κ2) is 8.09. The first kappa shape index (κ1) is 18.6. The molecule has 2 heterocycles. The number of nitrogens with one attached hydrogen (secondary N) is 2. The van der Waals surface area contributed by atoms with Gasteiger partial charge in [0.15, 0.2) is 15.8 Å². The summed E-state index contributed by atoms with van der Waals surface area (Å²) in [5, 5.41) is 7.18. The van der Waals surface area contributed by atoms with Crippen LogP contribution >= 0.6 is 0 Å². The van der Waals surface area contributed by atoms with E-state index in [2.05, 4.69) is 16.7 Å². The smallest absolute Gasteiger partial charge is 0.191 e. The first-order valence-corrected chi connectivity index (χ1v) is 11.9. The van der Waals surface area contributed by atoms with Crippen molar-refractivity contribution >= 4 is 15.8 Å². The molecule has 0 amide bonds. The lowest BCUT2D eigenvalue weighted by Crippen LogP contribution is -2.45. The molecule has 1 aromatic rings. The number of fused-ring (bicyclic) bond motifs is 1. The molecule has 2 fully saturated rings. The number of sulfone groups is 1. The van der Waals surface area contributed by atoms with E-state index in [-0.39, 0.29) is 17.7 Å². The number of hydrogen-bond donors (Lipinski definition) is 2. The van der Waals surface area contributed by atoms with Crippen molar-refractivity contribution in [2.45, 2.75) is 50.6 Å². The third kappa shape index (κ3) is 4.75. The Balaban J connectivity index is 1.47. The van der Waals surface area contributed by atoms with Crippen LogP contribution in [0.1, 0.15) is 50.1 Å². The Kier molecular flexibility index (Phi) is 5.57. The molecule has 0 radical (unpaired) electrons. The van der Waals surface area contributed by atoms with Crippen LogP contribution in [-0.2, 0) is 9.84 Å². The quantitative estimate of drug-likeness (QED) is 0.609. The molecule has 1 saturated carbocycles. The van der Waals surface area contributed by atoms with Gasteiger partial charge in [-0.25, -0.2) is 8.42 Å². The summed E-state index contributed by atoms with van der Waals surface area (Å²) < 4.78 is 29.2. The highest BCUT2D eigenvalue weighted by Crippen LogP contribution is 2.31. The third-order valence-corrected chi connectivity index (χ3v) is 7.64. The van der Waals surface area contributed by atoms with Crippen molar-refractivity contribution in [1.82, 2.24) is 10.6 Å². The van der Waals surface area contributed by atoms with Crippen LogP contribution in [0.25, 0.3) is 0 Å². The predicted molar refractivity (Wildman–Crippen MR) is 107 cm³/mol. The van der Waals surface area contributed by atoms with Gasteiger partial charge in [-0.3, -0.25) is 4.99 Å². The molecule has 1 aliphatic carbocycles. The summed E-state index contributed by atoms with van der Waals surface area (Å²) in [6.07, 6.45) is 6.46. The van der Waals surface area contributed by atoms with E-state index in [0.717, 1.165) is 30.1 Å². The van der Waals surface area contributed by atoms with Gasteiger partial charge in [0.2, 0.25) is 0 Å². The monoisotopic (exact) mass is 391 g/mol. The number of nitrogens with zero attached hydrogens (tertiary/aromatic N) is 1. The molecular weight excluding hydrogens is 362 g/mol. The van der Waals surface area contributed by atoms with Gasteiger partial charge in [-0.2, -0.15) is 0 Å². The minimum Gasteiger partial charge on any atom is -0.493 e. The predicted octanol–water partition coefficient (Wildman–Crippen LogP) is 2.42. The zero-order valence-corrected chi connectivity index (χ0v) is 16.5. The van der Waals surface area contributed by atoms with Gasteiger partial charge in [-0.15, -0.1) is 0 Å². The van der Waals surface area contributed by atoms with Crippen LogP contribution in [0.5, 0.6) is 5.75 Å². The standard InChI is InChI=1S/C20H29N3O3S/c24-27(25)12-10-15(14-27)13-21-20(22-16-5-1-2-6-16)23-18-9-11-26-19-8-4-3-7-17(18)19/h3-4,7-8,15-16,18H,1-2,5-6,9-14H2,(H2,21,22,23). The molecule has 6 nitrogen and oxygen atoms in total. The van der Waals surface area contributed by atoms with E-state index in [4.69, 9.17) is 9.73 Å². The molecule has 2 aliphatic heterocycles. The normalized spacial score (nSPS) is 27.8. The summed E-state index contributed by atoms with van der Waals surface area (Å²) in [4.78, 5) is 4.79. The van der Waals surface area contributed by atoms with Crippen LogP contribution < -0.4 is 15.4 Å². The van der Waals surface area contributed by atoms with E-state index in [1.54, 1.807) is 0 Å². The van der Waals surface area contributed by atoms with Gasteiger partial charge in [0, 0.05) is 24.6 Å². The molecule has 0 aromatic heterocycles. The Morgan fingerprint density at radius 1 is 1.11 bits per heavy atom. The van der Waals surface area contributed by atoms with E-state index in [0.29, 0.717) is 24.9 Å². The number of para-hydroxylation sites is 1. The van der Waals surface area contributed by atoms with E-state index in [1.807, 2.05) is 18.2 Å². The Bertz CT molecular complexity index is 787. The molecule has 1 aromatic carbocycles. The lowest BCUT2D eigenvalue weighted by Gasteiger charge is -2.29. The van der Waals surface area contributed by atoms with Crippen molar-refractivity contribution in [3.63, 3.8) is 0 Å². The maximum atomic E-state index is 11.7. The second-order valence-electron chi connectivity index (χ2n) is 7.96. The average Bonchev–Trinajstić information content (AvgIpc) is 3.29. The van der Waals surface area contributed by atoms with Gasteiger partial charge in [0.05, 0.1) is 24.2 Å². The Labute approximate surface area is 161 Å². The minimum atomic E-state index is -2.86. The number of guanidine groups is 1. The summed E-state index contributed by atoms with van der Waals surface area (Å²) >= 11 is 0. The molecule has 27 heavy (non-hydrogen) atoms. The largest absolute Gasteiger partial charge is 0.493 e. The molecule has 2 atom stereocenters. The van der Waals surface area contributed by atoms with Gasteiger partial charge in [-0.1, -0.05) is 31.0 Å². The molecule has 4 rings (SSSR count).